The molecular weight excluding hydrogens is 170 g/mol. The van der Waals surface area contributed by atoms with Gasteiger partial charge >= 0.3 is 0 Å². The monoisotopic (exact) mass is 187 g/mol. The van der Waals surface area contributed by atoms with E-state index in [1.165, 1.54) is 31.2 Å². The molecule has 1 aromatic carbocycles. The lowest BCUT2D eigenvalue weighted by Crippen LogP contribution is -1.90. The molecule has 0 spiro atoms. The third kappa shape index (κ3) is 3.22. The van der Waals surface area contributed by atoms with E-state index in [0.717, 1.165) is 12.0 Å². The smallest absolute Gasteiger partial charge is 0.0994 e. The fraction of sp³-hybridized carbons (Fsp3) is 0.462. The topological polar surface area (TPSA) is 23.8 Å². The molecule has 0 heterocycles. The summed E-state index contributed by atoms with van der Waals surface area (Å²) >= 11 is 0. The van der Waals surface area contributed by atoms with Gasteiger partial charge in [-0.25, -0.2) is 0 Å². The summed E-state index contributed by atoms with van der Waals surface area (Å²) in [6, 6.07) is 10.1. The van der Waals surface area contributed by atoms with E-state index in [4.69, 9.17) is 5.26 Å². The third-order valence-electron chi connectivity index (χ3n) is 2.44. The van der Waals surface area contributed by atoms with Gasteiger partial charge in [-0.15, -0.1) is 0 Å². The number of nitrogens with zero attached hydrogens (tertiary/aromatic N) is 1. The van der Waals surface area contributed by atoms with Crippen LogP contribution in [0.3, 0.4) is 0 Å². The van der Waals surface area contributed by atoms with Gasteiger partial charge in [-0.05, 0) is 24.5 Å². The van der Waals surface area contributed by atoms with Crippen LogP contribution in [0.15, 0.2) is 24.3 Å². The Hall–Kier alpha value is -1.29. The van der Waals surface area contributed by atoms with Crippen LogP contribution in [-0.2, 0) is 6.42 Å². The molecule has 1 nitrogen and oxygen atoms in total. The van der Waals surface area contributed by atoms with Crippen LogP contribution in [0, 0.1) is 11.3 Å². The highest BCUT2D eigenvalue weighted by Gasteiger charge is 1.99. The van der Waals surface area contributed by atoms with Crippen LogP contribution in [0.1, 0.15) is 43.7 Å². The van der Waals surface area contributed by atoms with Crippen LogP contribution in [0.5, 0.6) is 0 Å². The molecule has 0 aliphatic heterocycles. The van der Waals surface area contributed by atoms with Gasteiger partial charge in [0.1, 0.15) is 0 Å². The minimum atomic E-state index is 0.837. The predicted octanol–water partition coefficient (Wildman–Crippen LogP) is 3.68. The third-order valence-corrected chi connectivity index (χ3v) is 2.44. The number of unbranched alkanes of at least 4 members (excludes halogenated alkanes) is 3. The fourth-order valence-corrected chi connectivity index (χ4v) is 1.59. The first-order chi connectivity index (χ1) is 6.88. The first kappa shape index (κ1) is 10.8. The molecule has 0 fully saturated rings. The Balaban J connectivity index is 2.46. The first-order valence-electron chi connectivity index (χ1n) is 5.36. The van der Waals surface area contributed by atoms with Crippen molar-refractivity contribution < 1.29 is 0 Å². The summed E-state index contributed by atoms with van der Waals surface area (Å²) in [6.45, 7) is 2.21. The molecule has 0 radical (unpaired) electrons. The maximum absolute atomic E-state index is 8.87. The van der Waals surface area contributed by atoms with E-state index in [9.17, 15) is 0 Å². The molecular formula is C13H17N. The second-order valence-electron chi connectivity index (χ2n) is 3.58. The molecule has 0 aliphatic rings. The molecule has 14 heavy (non-hydrogen) atoms. The van der Waals surface area contributed by atoms with Gasteiger partial charge in [0, 0.05) is 0 Å². The molecule has 0 saturated carbocycles. The quantitative estimate of drug-likeness (QED) is 0.645. The van der Waals surface area contributed by atoms with Crippen molar-refractivity contribution in [3.63, 3.8) is 0 Å². The number of hydrogen-bond donors (Lipinski definition) is 0. The summed E-state index contributed by atoms with van der Waals surface area (Å²) in [4.78, 5) is 0. The lowest BCUT2D eigenvalue weighted by atomic mass is 10.0. The summed E-state index contributed by atoms with van der Waals surface area (Å²) in [7, 11) is 0. The Morgan fingerprint density at radius 3 is 2.64 bits per heavy atom. The molecule has 74 valence electrons. The second-order valence-corrected chi connectivity index (χ2v) is 3.58. The van der Waals surface area contributed by atoms with E-state index < -0.39 is 0 Å². The maximum Gasteiger partial charge on any atom is 0.0994 e. The van der Waals surface area contributed by atoms with Crippen LogP contribution in [0.25, 0.3) is 0 Å². The molecule has 1 rings (SSSR count). The average Bonchev–Trinajstić information content (AvgIpc) is 2.25. The van der Waals surface area contributed by atoms with Crippen molar-refractivity contribution in [3.8, 4) is 6.07 Å². The Bertz CT molecular complexity index is 309. The highest BCUT2D eigenvalue weighted by Crippen LogP contribution is 2.12. The molecule has 1 aromatic rings. The number of rotatable bonds is 5. The Kier molecular flexibility index (Phi) is 4.78. The Labute approximate surface area is 86.4 Å². The summed E-state index contributed by atoms with van der Waals surface area (Å²) in [5.41, 5.74) is 2.04. The van der Waals surface area contributed by atoms with Gasteiger partial charge < -0.3 is 0 Å². The first-order valence-corrected chi connectivity index (χ1v) is 5.36. The van der Waals surface area contributed by atoms with Crippen LogP contribution in [0.4, 0.5) is 0 Å². The van der Waals surface area contributed by atoms with Crippen molar-refractivity contribution in [2.24, 2.45) is 0 Å². The van der Waals surface area contributed by atoms with E-state index in [1.54, 1.807) is 0 Å². The zero-order chi connectivity index (χ0) is 10.2. The molecule has 0 aromatic heterocycles. The van der Waals surface area contributed by atoms with Gasteiger partial charge in [0.15, 0.2) is 0 Å². The molecule has 0 bridgehead atoms. The van der Waals surface area contributed by atoms with Crippen molar-refractivity contribution in [2.75, 3.05) is 0 Å². The van der Waals surface area contributed by atoms with Gasteiger partial charge in [0.25, 0.3) is 0 Å². The second kappa shape index (κ2) is 6.21. The molecule has 0 N–H and O–H groups in total. The molecule has 1 heteroatoms. The average molecular weight is 187 g/mol. The molecule has 0 unspecified atom stereocenters. The van der Waals surface area contributed by atoms with Gasteiger partial charge in [-0.2, -0.15) is 5.26 Å². The molecule has 0 saturated heterocycles. The minimum Gasteiger partial charge on any atom is -0.192 e. The van der Waals surface area contributed by atoms with Gasteiger partial charge in [-0.1, -0.05) is 44.4 Å². The van der Waals surface area contributed by atoms with E-state index in [-0.39, 0.29) is 0 Å². The van der Waals surface area contributed by atoms with E-state index >= 15 is 0 Å². The number of hydrogen-bond acceptors (Lipinski definition) is 1. The molecule has 0 atom stereocenters. The van der Waals surface area contributed by atoms with Crippen LogP contribution in [0.2, 0.25) is 0 Å². The van der Waals surface area contributed by atoms with Gasteiger partial charge in [0.05, 0.1) is 11.6 Å². The Morgan fingerprint density at radius 1 is 1.14 bits per heavy atom. The van der Waals surface area contributed by atoms with Crippen LogP contribution >= 0.6 is 0 Å². The number of benzene rings is 1. The zero-order valence-corrected chi connectivity index (χ0v) is 8.79. The van der Waals surface area contributed by atoms with Crippen molar-refractivity contribution in [1.82, 2.24) is 0 Å². The SMILES string of the molecule is CCCCCCc1ccccc1C#N. The Morgan fingerprint density at radius 2 is 1.93 bits per heavy atom. The predicted molar refractivity (Wildman–Crippen MR) is 59.0 cm³/mol. The van der Waals surface area contributed by atoms with E-state index in [2.05, 4.69) is 19.1 Å². The highest BCUT2D eigenvalue weighted by molar-refractivity contribution is 5.37. The molecule has 0 amide bonds. The maximum atomic E-state index is 8.87. The lowest BCUT2D eigenvalue weighted by Gasteiger charge is -2.02. The summed E-state index contributed by atoms with van der Waals surface area (Å²) in [6.07, 6.45) is 6.08. The van der Waals surface area contributed by atoms with E-state index in [0.29, 0.717) is 0 Å². The van der Waals surface area contributed by atoms with Gasteiger partial charge in [-0.3, -0.25) is 0 Å². The van der Waals surface area contributed by atoms with Crippen molar-refractivity contribution in [2.45, 2.75) is 39.0 Å². The van der Waals surface area contributed by atoms with Crippen molar-refractivity contribution in [1.29, 1.82) is 5.26 Å². The van der Waals surface area contributed by atoms with Gasteiger partial charge in [0.2, 0.25) is 0 Å². The summed E-state index contributed by atoms with van der Waals surface area (Å²) < 4.78 is 0. The molecule has 0 aliphatic carbocycles. The summed E-state index contributed by atoms with van der Waals surface area (Å²) in [5, 5.41) is 8.87. The van der Waals surface area contributed by atoms with E-state index in [1.807, 2.05) is 18.2 Å². The van der Waals surface area contributed by atoms with Crippen molar-refractivity contribution >= 4 is 0 Å². The summed E-state index contributed by atoms with van der Waals surface area (Å²) in [5.74, 6) is 0. The van der Waals surface area contributed by atoms with Crippen LogP contribution in [-0.4, -0.2) is 0 Å². The minimum absolute atomic E-state index is 0.837. The van der Waals surface area contributed by atoms with Crippen molar-refractivity contribution in [3.05, 3.63) is 35.4 Å². The fourth-order valence-electron chi connectivity index (χ4n) is 1.59. The standard InChI is InChI=1S/C13H17N/c1-2-3-4-5-8-12-9-6-7-10-13(12)11-14/h6-7,9-10H,2-5,8H2,1H3. The number of aryl methyl sites for hydroxylation is 1. The van der Waals surface area contributed by atoms with Crippen LogP contribution < -0.4 is 0 Å². The highest BCUT2D eigenvalue weighted by atomic mass is 14.2. The number of nitriles is 1. The zero-order valence-electron chi connectivity index (χ0n) is 8.79. The normalized spacial score (nSPS) is 9.71. The largest absolute Gasteiger partial charge is 0.192 e. The lowest BCUT2D eigenvalue weighted by molar-refractivity contribution is 0.666.